The molecule has 1 saturated heterocycles. The minimum Gasteiger partial charge on any atom is -0.327 e. The van der Waals surface area contributed by atoms with Gasteiger partial charge in [0.15, 0.2) is 0 Å². The summed E-state index contributed by atoms with van der Waals surface area (Å²) in [6.07, 6.45) is 1.17. The van der Waals surface area contributed by atoms with Crippen LogP contribution in [-0.2, 0) is 6.54 Å². The van der Waals surface area contributed by atoms with Gasteiger partial charge in [0.25, 0.3) is 0 Å². The van der Waals surface area contributed by atoms with Crippen molar-refractivity contribution in [1.82, 2.24) is 14.9 Å². The number of nitrogens with zero attached hydrogens (tertiary/aromatic N) is 2. The second-order valence-electron chi connectivity index (χ2n) is 4.51. The smallest absolute Gasteiger partial charge is 0.114 e. The van der Waals surface area contributed by atoms with Crippen molar-refractivity contribution in [1.29, 1.82) is 0 Å². The van der Waals surface area contributed by atoms with Crippen LogP contribution in [0.5, 0.6) is 0 Å². The van der Waals surface area contributed by atoms with E-state index in [1.165, 1.54) is 12.2 Å². The number of hydrogen-bond acceptors (Lipinski definition) is 2. The number of nitrogens with one attached hydrogen (secondary N) is 1. The number of aryl methyl sites for hydroxylation is 1. The van der Waals surface area contributed by atoms with Crippen LogP contribution in [0.25, 0.3) is 11.0 Å². The highest BCUT2D eigenvalue weighted by Gasteiger charge is 2.23. The summed E-state index contributed by atoms with van der Waals surface area (Å²) in [5.74, 6) is 1.71. The first-order valence-electron chi connectivity index (χ1n) is 6.16. The van der Waals surface area contributed by atoms with Gasteiger partial charge in [-0.3, -0.25) is 0 Å². The summed E-state index contributed by atoms with van der Waals surface area (Å²) in [6, 6.07) is 5.95. The van der Waals surface area contributed by atoms with Gasteiger partial charge in [0, 0.05) is 19.0 Å². The summed E-state index contributed by atoms with van der Waals surface area (Å²) < 4.78 is 2.26. The Hall–Kier alpha value is -1.06. The van der Waals surface area contributed by atoms with Crippen LogP contribution in [0.2, 0.25) is 5.02 Å². The van der Waals surface area contributed by atoms with Gasteiger partial charge in [0.2, 0.25) is 0 Å². The van der Waals surface area contributed by atoms with Crippen molar-refractivity contribution in [3.05, 3.63) is 29.0 Å². The van der Waals surface area contributed by atoms with E-state index < -0.39 is 0 Å². The number of imidazole rings is 1. The Kier molecular flexibility index (Phi) is 2.81. The van der Waals surface area contributed by atoms with E-state index in [-0.39, 0.29) is 0 Å². The number of halogens is 1. The Labute approximate surface area is 106 Å². The van der Waals surface area contributed by atoms with Crippen LogP contribution in [0.4, 0.5) is 0 Å². The van der Waals surface area contributed by atoms with E-state index in [0.717, 1.165) is 35.7 Å². The highest BCUT2D eigenvalue weighted by Crippen LogP contribution is 2.29. The van der Waals surface area contributed by atoms with Crippen molar-refractivity contribution in [2.24, 2.45) is 0 Å². The molecule has 3 rings (SSSR count). The van der Waals surface area contributed by atoms with Gasteiger partial charge in [0.1, 0.15) is 5.82 Å². The molecule has 0 aliphatic carbocycles. The quantitative estimate of drug-likeness (QED) is 0.887. The molecule has 0 amide bonds. The van der Waals surface area contributed by atoms with Gasteiger partial charge in [0.05, 0.1) is 16.1 Å². The Morgan fingerprint density at radius 2 is 2.41 bits per heavy atom. The van der Waals surface area contributed by atoms with E-state index in [4.69, 9.17) is 16.6 Å². The van der Waals surface area contributed by atoms with E-state index in [0.29, 0.717) is 5.92 Å². The van der Waals surface area contributed by atoms with Crippen molar-refractivity contribution in [2.45, 2.75) is 25.8 Å². The second kappa shape index (κ2) is 4.31. The molecule has 3 nitrogen and oxygen atoms in total. The molecule has 1 aliphatic heterocycles. The van der Waals surface area contributed by atoms with Gasteiger partial charge in [-0.2, -0.15) is 0 Å². The lowest BCUT2D eigenvalue weighted by molar-refractivity contribution is 0.631. The van der Waals surface area contributed by atoms with Crippen LogP contribution >= 0.6 is 11.6 Å². The summed E-state index contributed by atoms with van der Waals surface area (Å²) in [6.45, 7) is 5.19. The molecule has 2 aromatic rings. The molecule has 0 spiro atoms. The molecule has 17 heavy (non-hydrogen) atoms. The summed E-state index contributed by atoms with van der Waals surface area (Å²) in [5, 5.41) is 4.19. The molecule has 1 unspecified atom stereocenters. The first kappa shape index (κ1) is 11.1. The van der Waals surface area contributed by atoms with E-state index >= 15 is 0 Å². The molecule has 4 heteroatoms. The van der Waals surface area contributed by atoms with Crippen LogP contribution in [0, 0.1) is 0 Å². The molecule has 0 bridgehead atoms. The van der Waals surface area contributed by atoms with Gasteiger partial charge < -0.3 is 9.88 Å². The molecule has 1 fully saturated rings. The summed E-state index contributed by atoms with van der Waals surface area (Å²) in [7, 11) is 0. The molecule has 1 aromatic carbocycles. The lowest BCUT2D eigenvalue weighted by Crippen LogP contribution is -2.12. The topological polar surface area (TPSA) is 29.9 Å². The molecule has 0 saturated carbocycles. The SMILES string of the molecule is CCn1c(C2CCNC2)nc2cccc(Cl)c21. The Morgan fingerprint density at radius 3 is 3.12 bits per heavy atom. The summed E-state index contributed by atoms with van der Waals surface area (Å²) in [5.41, 5.74) is 2.10. The Balaban J connectivity index is 2.20. The molecule has 1 aliphatic rings. The number of fused-ring (bicyclic) bond motifs is 1. The number of benzene rings is 1. The third-order valence-corrected chi connectivity index (χ3v) is 3.79. The zero-order valence-electron chi connectivity index (χ0n) is 9.91. The molecular weight excluding hydrogens is 234 g/mol. The molecular formula is C13H16ClN3. The lowest BCUT2D eigenvalue weighted by Gasteiger charge is -2.11. The number of aromatic nitrogens is 2. The van der Waals surface area contributed by atoms with E-state index in [1.54, 1.807) is 0 Å². The van der Waals surface area contributed by atoms with E-state index in [2.05, 4.69) is 16.8 Å². The van der Waals surface area contributed by atoms with Crippen molar-refractivity contribution in [3.63, 3.8) is 0 Å². The first-order valence-corrected chi connectivity index (χ1v) is 6.54. The predicted octanol–water partition coefficient (Wildman–Crippen LogP) is 2.79. The van der Waals surface area contributed by atoms with Crippen LogP contribution in [0.3, 0.4) is 0 Å². The molecule has 2 heterocycles. The van der Waals surface area contributed by atoms with E-state index in [1.807, 2.05) is 18.2 Å². The lowest BCUT2D eigenvalue weighted by atomic mass is 10.1. The Morgan fingerprint density at radius 1 is 1.53 bits per heavy atom. The van der Waals surface area contributed by atoms with Crippen LogP contribution < -0.4 is 5.32 Å². The monoisotopic (exact) mass is 249 g/mol. The maximum atomic E-state index is 6.28. The van der Waals surface area contributed by atoms with Crippen LogP contribution in [0.1, 0.15) is 25.1 Å². The van der Waals surface area contributed by atoms with Gasteiger partial charge in [-0.25, -0.2) is 4.98 Å². The van der Waals surface area contributed by atoms with Crippen LogP contribution in [-0.4, -0.2) is 22.6 Å². The molecule has 1 atom stereocenters. The number of para-hydroxylation sites is 1. The first-order chi connectivity index (χ1) is 8.31. The number of rotatable bonds is 2. The molecule has 0 radical (unpaired) electrons. The molecule has 1 aromatic heterocycles. The maximum Gasteiger partial charge on any atom is 0.114 e. The minimum absolute atomic E-state index is 0.526. The summed E-state index contributed by atoms with van der Waals surface area (Å²) in [4.78, 5) is 4.76. The largest absolute Gasteiger partial charge is 0.327 e. The van der Waals surface area contributed by atoms with Crippen molar-refractivity contribution in [3.8, 4) is 0 Å². The molecule has 90 valence electrons. The Bertz CT molecular complexity index is 541. The fourth-order valence-corrected chi connectivity index (χ4v) is 2.94. The molecule has 1 N–H and O–H groups in total. The highest BCUT2D eigenvalue weighted by molar-refractivity contribution is 6.35. The van der Waals surface area contributed by atoms with Gasteiger partial charge in [-0.05, 0) is 32.0 Å². The second-order valence-corrected chi connectivity index (χ2v) is 4.92. The third kappa shape index (κ3) is 1.74. The zero-order valence-corrected chi connectivity index (χ0v) is 10.7. The van der Waals surface area contributed by atoms with Gasteiger partial charge in [-0.15, -0.1) is 0 Å². The van der Waals surface area contributed by atoms with Gasteiger partial charge in [-0.1, -0.05) is 17.7 Å². The van der Waals surface area contributed by atoms with Crippen molar-refractivity contribution < 1.29 is 0 Å². The van der Waals surface area contributed by atoms with Crippen LogP contribution in [0.15, 0.2) is 18.2 Å². The maximum absolute atomic E-state index is 6.28. The fraction of sp³-hybridized carbons (Fsp3) is 0.462. The minimum atomic E-state index is 0.526. The fourth-order valence-electron chi connectivity index (χ4n) is 2.67. The zero-order chi connectivity index (χ0) is 11.8. The highest BCUT2D eigenvalue weighted by atomic mass is 35.5. The van der Waals surface area contributed by atoms with Crippen molar-refractivity contribution in [2.75, 3.05) is 13.1 Å². The average Bonchev–Trinajstić information content (AvgIpc) is 2.95. The third-order valence-electron chi connectivity index (χ3n) is 3.49. The standard InChI is InChI=1S/C13H16ClN3/c1-2-17-12-10(14)4-3-5-11(12)16-13(17)9-6-7-15-8-9/h3-5,9,15H,2,6-8H2,1H3. The predicted molar refractivity (Wildman–Crippen MR) is 70.6 cm³/mol. The average molecular weight is 250 g/mol. The van der Waals surface area contributed by atoms with E-state index in [9.17, 15) is 0 Å². The normalized spacial score (nSPS) is 20.2. The number of hydrogen-bond donors (Lipinski definition) is 1. The van der Waals surface area contributed by atoms with Crippen molar-refractivity contribution >= 4 is 22.6 Å². The summed E-state index contributed by atoms with van der Waals surface area (Å²) >= 11 is 6.28. The van der Waals surface area contributed by atoms with Gasteiger partial charge >= 0.3 is 0 Å².